The highest BCUT2D eigenvalue weighted by Gasteiger charge is 2.07. The first-order valence-electron chi connectivity index (χ1n) is 7.22. The summed E-state index contributed by atoms with van der Waals surface area (Å²) in [5.74, 6) is 0. The van der Waals surface area contributed by atoms with Crippen LogP contribution in [0.25, 0.3) is 0 Å². The van der Waals surface area contributed by atoms with Crippen molar-refractivity contribution in [2.75, 3.05) is 31.7 Å². The number of nitrogens with two attached hydrogens (primary N) is 1. The fourth-order valence-corrected chi connectivity index (χ4v) is 2.19. The average molecular weight is 264 g/mol. The summed E-state index contributed by atoms with van der Waals surface area (Å²) >= 11 is 0. The third-order valence-corrected chi connectivity index (χ3v) is 3.47. The van der Waals surface area contributed by atoms with Gasteiger partial charge in [0.25, 0.3) is 0 Å². The van der Waals surface area contributed by atoms with Gasteiger partial charge in [-0.25, -0.2) is 0 Å². The van der Waals surface area contributed by atoms with Crippen LogP contribution in [0.1, 0.15) is 31.4 Å². The lowest BCUT2D eigenvalue weighted by molar-refractivity contribution is 0.154. The minimum Gasteiger partial charge on any atom is -0.380 e. The van der Waals surface area contributed by atoms with E-state index in [2.05, 4.69) is 44.0 Å². The van der Waals surface area contributed by atoms with Crippen LogP contribution in [0.5, 0.6) is 0 Å². The van der Waals surface area contributed by atoms with Crippen molar-refractivity contribution >= 4 is 5.69 Å². The van der Waals surface area contributed by atoms with Crippen LogP contribution in [0.4, 0.5) is 5.69 Å². The second-order valence-corrected chi connectivity index (χ2v) is 5.11. The Hall–Kier alpha value is -1.06. The Bertz CT molecular complexity index is 379. The quantitative estimate of drug-likeness (QED) is 0.734. The molecule has 0 saturated carbocycles. The van der Waals surface area contributed by atoms with Crippen molar-refractivity contribution in [3.63, 3.8) is 0 Å². The molecule has 3 nitrogen and oxygen atoms in total. The highest BCUT2D eigenvalue weighted by atomic mass is 16.5. The molecule has 0 saturated heterocycles. The predicted molar refractivity (Wildman–Crippen MR) is 82.9 cm³/mol. The maximum Gasteiger partial charge on any atom is 0.0641 e. The van der Waals surface area contributed by atoms with Crippen LogP contribution < -0.4 is 10.6 Å². The van der Waals surface area contributed by atoms with Gasteiger partial charge in [0, 0.05) is 31.9 Å². The molecule has 0 bridgehead atoms. The van der Waals surface area contributed by atoms with Crippen LogP contribution in [0.2, 0.25) is 0 Å². The van der Waals surface area contributed by atoms with Gasteiger partial charge in [-0.15, -0.1) is 0 Å². The Morgan fingerprint density at radius 2 is 2.05 bits per heavy atom. The fraction of sp³-hybridized carbons (Fsp3) is 0.625. The minimum absolute atomic E-state index is 0.265. The molecule has 0 amide bonds. The lowest BCUT2D eigenvalue weighted by Crippen LogP contribution is -2.24. The average Bonchev–Trinajstić information content (AvgIpc) is 2.38. The Morgan fingerprint density at radius 1 is 1.32 bits per heavy atom. The number of hydrogen-bond donors (Lipinski definition) is 1. The van der Waals surface area contributed by atoms with Gasteiger partial charge in [0.2, 0.25) is 0 Å². The van der Waals surface area contributed by atoms with Gasteiger partial charge < -0.3 is 15.4 Å². The first kappa shape index (κ1) is 16.0. The van der Waals surface area contributed by atoms with E-state index in [0.717, 1.165) is 32.6 Å². The first-order valence-corrected chi connectivity index (χ1v) is 7.22. The summed E-state index contributed by atoms with van der Waals surface area (Å²) in [6.45, 7) is 8.79. The zero-order valence-corrected chi connectivity index (χ0v) is 12.8. The molecule has 2 N–H and O–H groups in total. The maximum atomic E-state index is 6.01. The van der Waals surface area contributed by atoms with Crippen LogP contribution >= 0.6 is 0 Å². The van der Waals surface area contributed by atoms with Crippen molar-refractivity contribution in [3.8, 4) is 0 Å². The molecular formula is C16H28N2O. The van der Waals surface area contributed by atoms with Crippen molar-refractivity contribution in [2.45, 2.75) is 39.7 Å². The van der Waals surface area contributed by atoms with E-state index in [9.17, 15) is 0 Å². The highest BCUT2D eigenvalue weighted by molar-refractivity contribution is 5.54. The molecule has 0 spiro atoms. The summed E-state index contributed by atoms with van der Waals surface area (Å²) in [6.07, 6.45) is 1.98. The van der Waals surface area contributed by atoms with Crippen molar-refractivity contribution in [2.24, 2.45) is 5.73 Å². The van der Waals surface area contributed by atoms with E-state index in [1.807, 2.05) is 6.92 Å². The smallest absolute Gasteiger partial charge is 0.0641 e. The van der Waals surface area contributed by atoms with E-state index >= 15 is 0 Å². The molecule has 108 valence electrons. The molecule has 0 fully saturated rings. The third-order valence-electron chi connectivity index (χ3n) is 3.47. The second kappa shape index (κ2) is 8.18. The van der Waals surface area contributed by atoms with Crippen LogP contribution in [0.3, 0.4) is 0 Å². The summed E-state index contributed by atoms with van der Waals surface area (Å²) in [4.78, 5) is 2.24. The molecule has 0 heterocycles. The fourth-order valence-electron chi connectivity index (χ4n) is 2.19. The van der Waals surface area contributed by atoms with Crippen molar-refractivity contribution < 1.29 is 4.74 Å². The highest BCUT2D eigenvalue weighted by Crippen LogP contribution is 2.20. The van der Waals surface area contributed by atoms with Gasteiger partial charge in [0.05, 0.1) is 6.61 Å². The predicted octanol–water partition coefficient (Wildman–Crippen LogP) is 2.75. The molecule has 1 rings (SSSR count). The first-order chi connectivity index (χ1) is 9.08. The topological polar surface area (TPSA) is 38.5 Å². The van der Waals surface area contributed by atoms with Crippen LogP contribution in [-0.2, 0) is 11.2 Å². The van der Waals surface area contributed by atoms with Crippen molar-refractivity contribution in [1.82, 2.24) is 0 Å². The molecular weight excluding hydrogens is 236 g/mol. The minimum atomic E-state index is 0.265. The van der Waals surface area contributed by atoms with E-state index in [0.29, 0.717) is 0 Å². The SMILES string of the molecule is CCOCCN(C)c1ccc(CC(N)CC)cc1C. The molecule has 0 aliphatic heterocycles. The molecule has 0 aliphatic rings. The summed E-state index contributed by atoms with van der Waals surface area (Å²) in [6, 6.07) is 6.90. The molecule has 1 unspecified atom stereocenters. The maximum absolute atomic E-state index is 6.01. The molecule has 1 aromatic rings. The Labute approximate surface area is 117 Å². The number of ether oxygens (including phenoxy) is 1. The lowest BCUT2D eigenvalue weighted by atomic mass is 10.0. The van der Waals surface area contributed by atoms with Crippen LogP contribution in [-0.4, -0.2) is 32.8 Å². The van der Waals surface area contributed by atoms with E-state index in [-0.39, 0.29) is 6.04 Å². The Balaban J connectivity index is 2.65. The Kier molecular flexibility index (Phi) is 6.89. The standard InChI is InChI=1S/C16H28N2O/c1-5-15(17)12-14-7-8-16(13(3)11-14)18(4)9-10-19-6-2/h7-8,11,15H,5-6,9-10,12,17H2,1-4H3. The number of rotatable bonds is 8. The van der Waals surface area contributed by atoms with Gasteiger partial charge in [-0.1, -0.05) is 19.1 Å². The number of hydrogen-bond acceptors (Lipinski definition) is 3. The summed E-state index contributed by atoms with van der Waals surface area (Å²) in [5.41, 5.74) is 9.91. The lowest BCUT2D eigenvalue weighted by Gasteiger charge is -2.22. The molecule has 19 heavy (non-hydrogen) atoms. The Morgan fingerprint density at radius 3 is 2.63 bits per heavy atom. The number of aryl methyl sites for hydroxylation is 1. The zero-order chi connectivity index (χ0) is 14.3. The normalized spacial score (nSPS) is 12.5. The summed E-state index contributed by atoms with van der Waals surface area (Å²) in [5, 5.41) is 0. The number of nitrogens with zero attached hydrogens (tertiary/aromatic N) is 1. The van der Waals surface area contributed by atoms with Gasteiger partial charge in [0.15, 0.2) is 0 Å². The van der Waals surface area contributed by atoms with E-state index in [4.69, 9.17) is 10.5 Å². The van der Waals surface area contributed by atoms with Gasteiger partial charge >= 0.3 is 0 Å². The zero-order valence-electron chi connectivity index (χ0n) is 12.8. The molecule has 0 aliphatic carbocycles. The van der Waals surface area contributed by atoms with E-state index in [1.54, 1.807) is 0 Å². The van der Waals surface area contributed by atoms with Crippen LogP contribution in [0, 0.1) is 6.92 Å². The van der Waals surface area contributed by atoms with Gasteiger partial charge in [-0.3, -0.25) is 0 Å². The van der Waals surface area contributed by atoms with Gasteiger partial charge in [-0.05, 0) is 43.9 Å². The number of likely N-dealkylation sites (N-methyl/N-ethyl adjacent to an activating group) is 1. The van der Waals surface area contributed by atoms with Crippen LogP contribution in [0.15, 0.2) is 18.2 Å². The molecule has 0 aromatic heterocycles. The third kappa shape index (κ3) is 5.21. The largest absolute Gasteiger partial charge is 0.380 e. The number of anilines is 1. The molecule has 0 radical (unpaired) electrons. The monoisotopic (exact) mass is 264 g/mol. The van der Waals surface area contributed by atoms with Crippen molar-refractivity contribution in [3.05, 3.63) is 29.3 Å². The van der Waals surface area contributed by atoms with Gasteiger partial charge in [0.1, 0.15) is 0 Å². The van der Waals surface area contributed by atoms with E-state index in [1.165, 1.54) is 16.8 Å². The van der Waals surface area contributed by atoms with E-state index < -0.39 is 0 Å². The summed E-state index contributed by atoms with van der Waals surface area (Å²) in [7, 11) is 2.11. The molecule has 3 heteroatoms. The van der Waals surface area contributed by atoms with Gasteiger partial charge in [-0.2, -0.15) is 0 Å². The van der Waals surface area contributed by atoms with Crippen molar-refractivity contribution in [1.29, 1.82) is 0 Å². The molecule has 1 atom stereocenters. The second-order valence-electron chi connectivity index (χ2n) is 5.11. The molecule has 1 aromatic carbocycles. The number of benzene rings is 1. The summed E-state index contributed by atoms with van der Waals surface area (Å²) < 4.78 is 5.40.